The molecule has 12 nitrogen and oxygen atoms in total. The normalized spacial score (nSPS) is 39.9. The first kappa shape index (κ1) is 28.0. The van der Waals surface area contributed by atoms with Gasteiger partial charge in [0, 0.05) is 5.92 Å². The monoisotopic (exact) mass is 480 g/mol. The maximum Gasteiger partial charge on any atom is 0.335 e. The van der Waals surface area contributed by atoms with E-state index in [9.17, 15) is 35.1 Å². The molecule has 33 heavy (non-hydrogen) atoms. The van der Waals surface area contributed by atoms with Crippen LogP contribution in [0.5, 0.6) is 0 Å². The Bertz CT molecular complexity index is 668. The van der Waals surface area contributed by atoms with E-state index >= 15 is 0 Å². The van der Waals surface area contributed by atoms with Crippen LogP contribution in [0, 0.1) is 5.92 Å². The van der Waals surface area contributed by atoms with Crippen LogP contribution in [-0.4, -0.2) is 111 Å². The van der Waals surface area contributed by atoms with Gasteiger partial charge in [-0.25, -0.2) is 4.79 Å². The number of carbonyl (C=O) groups excluding carboxylic acids is 1. The molecule has 10 atom stereocenters. The maximum absolute atomic E-state index is 12.8. The average molecular weight is 481 g/mol. The second-order valence-corrected chi connectivity index (χ2v) is 9.14. The number of carboxylic acid groups (broad SMARTS) is 1. The topological polar surface area (TPSA) is 181 Å². The van der Waals surface area contributed by atoms with Gasteiger partial charge in [0.25, 0.3) is 0 Å². The Morgan fingerprint density at radius 3 is 1.67 bits per heavy atom. The minimum absolute atomic E-state index is 0.392. The fraction of sp³-hybridized carbons (Fsp3) is 0.905. The van der Waals surface area contributed by atoms with Crippen LogP contribution in [0.4, 0.5) is 0 Å². The average Bonchev–Trinajstić information content (AvgIpc) is 2.71. The summed E-state index contributed by atoms with van der Waals surface area (Å²) in [5.74, 6) is -2.51. The third-order valence-corrected chi connectivity index (χ3v) is 5.31. The van der Waals surface area contributed by atoms with Crippen LogP contribution in [0.2, 0.25) is 0 Å². The molecule has 2 heterocycles. The van der Waals surface area contributed by atoms with E-state index in [0.717, 1.165) is 0 Å². The van der Waals surface area contributed by atoms with Gasteiger partial charge in [-0.3, -0.25) is 4.79 Å². The van der Waals surface area contributed by atoms with Crippen molar-refractivity contribution in [1.82, 2.24) is 0 Å². The number of carboxylic acids is 1. The largest absolute Gasteiger partial charge is 0.479 e. The van der Waals surface area contributed by atoms with E-state index < -0.39 is 91.3 Å². The molecule has 0 aromatic rings. The molecule has 0 aliphatic carbocycles. The zero-order chi connectivity index (χ0) is 25.2. The van der Waals surface area contributed by atoms with Crippen molar-refractivity contribution < 1.29 is 58.8 Å². The minimum Gasteiger partial charge on any atom is -0.479 e. The molecule has 0 spiro atoms. The second-order valence-electron chi connectivity index (χ2n) is 9.14. The van der Waals surface area contributed by atoms with E-state index in [1.54, 1.807) is 41.5 Å². The first-order chi connectivity index (χ1) is 15.3. The summed E-state index contributed by atoms with van der Waals surface area (Å²) >= 11 is 0. The fourth-order valence-corrected chi connectivity index (χ4v) is 3.70. The van der Waals surface area contributed by atoms with Crippen LogP contribution in [0.1, 0.15) is 41.5 Å². The Hall–Kier alpha value is -1.22. The van der Waals surface area contributed by atoms with Crippen LogP contribution >= 0.6 is 0 Å². The van der Waals surface area contributed by atoms with Gasteiger partial charge in [0.2, 0.25) is 0 Å². The highest BCUT2D eigenvalue weighted by Crippen LogP contribution is 2.32. The summed E-state index contributed by atoms with van der Waals surface area (Å²) in [4.78, 5) is 24.5. The summed E-state index contributed by atoms with van der Waals surface area (Å²) in [6.45, 7) is 9.80. The maximum atomic E-state index is 12.8. The summed E-state index contributed by atoms with van der Waals surface area (Å²) in [6.07, 6.45) is -16.9. The molecule has 0 saturated carbocycles. The molecule has 2 aliphatic heterocycles. The number of Topliss-reactive ketones (excluding diaryl/α,β-unsaturated/α-hetero) is 1. The van der Waals surface area contributed by atoms with Crippen molar-refractivity contribution in [2.24, 2.45) is 5.92 Å². The molecule has 0 aromatic carbocycles. The van der Waals surface area contributed by atoms with E-state index in [2.05, 4.69) is 0 Å². The molecule has 12 heteroatoms. The summed E-state index contributed by atoms with van der Waals surface area (Å²) in [5.41, 5.74) is 0. The zero-order valence-corrected chi connectivity index (χ0v) is 19.6. The number of hydrogen-bond acceptors (Lipinski definition) is 11. The van der Waals surface area contributed by atoms with Gasteiger partial charge in [-0.15, -0.1) is 0 Å². The Morgan fingerprint density at radius 1 is 0.697 bits per heavy atom. The Balaban J connectivity index is 2.30. The lowest BCUT2D eigenvalue weighted by Gasteiger charge is -2.46. The third kappa shape index (κ3) is 6.47. The van der Waals surface area contributed by atoms with Gasteiger partial charge in [0.1, 0.15) is 42.7 Å². The van der Waals surface area contributed by atoms with E-state index in [1.807, 2.05) is 0 Å². The van der Waals surface area contributed by atoms with E-state index in [0.29, 0.717) is 0 Å². The predicted molar refractivity (Wildman–Crippen MR) is 110 cm³/mol. The van der Waals surface area contributed by atoms with Gasteiger partial charge in [-0.05, 0) is 27.7 Å². The van der Waals surface area contributed by atoms with Crippen molar-refractivity contribution in [3.05, 3.63) is 0 Å². The van der Waals surface area contributed by atoms with Crippen molar-refractivity contribution in [3.63, 3.8) is 0 Å². The van der Waals surface area contributed by atoms with Crippen molar-refractivity contribution >= 4 is 11.8 Å². The Kier molecular flexibility index (Phi) is 9.74. The third-order valence-electron chi connectivity index (χ3n) is 5.31. The van der Waals surface area contributed by atoms with Crippen molar-refractivity contribution in [2.45, 2.75) is 115 Å². The van der Waals surface area contributed by atoms with E-state index in [1.165, 1.54) is 0 Å². The van der Waals surface area contributed by atoms with Gasteiger partial charge in [0.05, 0.1) is 12.2 Å². The molecular weight excluding hydrogens is 444 g/mol. The Labute approximate surface area is 192 Å². The summed E-state index contributed by atoms with van der Waals surface area (Å²) in [5, 5.41) is 51.8. The first-order valence-electron chi connectivity index (χ1n) is 11.0. The molecule has 192 valence electrons. The molecule has 2 saturated heterocycles. The number of aliphatic carboxylic acids is 1. The lowest BCUT2D eigenvalue weighted by Crippen LogP contribution is -2.66. The molecule has 5 N–H and O–H groups in total. The molecule has 4 unspecified atom stereocenters. The number of ether oxygens (including phenoxy) is 5. The van der Waals surface area contributed by atoms with Gasteiger partial charge < -0.3 is 49.2 Å². The quantitative estimate of drug-likeness (QED) is 0.266. The van der Waals surface area contributed by atoms with Crippen molar-refractivity contribution in [2.75, 3.05) is 0 Å². The first-order valence-corrected chi connectivity index (χ1v) is 11.0. The number of ketones is 1. The lowest BCUT2D eigenvalue weighted by molar-refractivity contribution is -0.354. The number of carbonyl (C=O) groups is 2. The zero-order valence-electron chi connectivity index (χ0n) is 19.6. The fourth-order valence-electron chi connectivity index (χ4n) is 3.70. The molecule has 2 aliphatic rings. The lowest BCUT2D eigenvalue weighted by atomic mass is 9.91. The van der Waals surface area contributed by atoms with Gasteiger partial charge in [-0.1, -0.05) is 13.8 Å². The van der Waals surface area contributed by atoms with Crippen LogP contribution in [0.25, 0.3) is 0 Å². The predicted octanol–water partition coefficient (Wildman–Crippen LogP) is -1.21. The second kappa shape index (κ2) is 11.5. The SMILES string of the molecule is CC(C)O[C@@H]1OC(C(=O)C(C)C)[C@@H](O[C@@H]2O[C@@H](C(=O)O)[C@@H](OC(C)C)C(O)C2O)C(O)[C@H]1O. The van der Waals surface area contributed by atoms with Gasteiger partial charge >= 0.3 is 5.97 Å². The standard InChI is InChI=1S/C21H36O12/c1-7(2)10(22)15-16(11(23)13(25)20(31-15)30-9(5)6)32-21-14(26)12(24)17(29-8(3)4)18(33-21)19(27)28/h7-9,11-18,20-21,23-26H,1-6H3,(H,27,28)/t11?,12?,13-,14?,15?,16+,17+,18-,20-,21-/m1/s1. The molecule has 2 rings (SSSR count). The molecule has 0 aromatic heterocycles. The highest BCUT2D eigenvalue weighted by atomic mass is 16.7. The summed E-state index contributed by atoms with van der Waals surface area (Å²) in [6, 6.07) is 0. The molecular formula is C21H36O12. The summed E-state index contributed by atoms with van der Waals surface area (Å²) < 4.78 is 27.5. The smallest absolute Gasteiger partial charge is 0.335 e. The van der Waals surface area contributed by atoms with Gasteiger partial charge in [-0.2, -0.15) is 0 Å². The molecule has 2 fully saturated rings. The summed E-state index contributed by atoms with van der Waals surface area (Å²) in [7, 11) is 0. The van der Waals surface area contributed by atoms with Gasteiger partial charge in [0.15, 0.2) is 24.5 Å². The molecule has 0 bridgehead atoms. The number of aliphatic hydroxyl groups excluding tert-OH is 4. The van der Waals surface area contributed by atoms with E-state index in [-0.39, 0.29) is 0 Å². The minimum atomic E-state index is -1.78. The molecule has 0 radical (unpaired) electrons. The number of hydrogen-bond donors (Lipinski definition) is 5. The highest BCUT2D eigenvalue weighted by molar-refractivity contribution is 5.85. The van der Waals surface area contributed by atoms with Crippen LogP contribution in [-0.2, 0) is 33.3 Å². The van der Waals surface area contributed by atoms with Crippen LogP contribution in [0.3, 0.4) is 0 Å². The number of aliphatic hydroxyl groups is 4. The molecule has 0 amide bonds. The Morgan fingerprint density at radius 2 is 1.18 bits per heavy atom. The highest BCUT2D eigenvalue weighted by Gasteiger charge is 2.54. The van der Waals surface area contributed by atoms with Crippen LogP contribution < -0.4 is 0 Å². The number of rotatable bonds is 9. The van der Waals surface area contributed by atoms with Crippen molar-refractivity contribution in [1.29, 1.82) is 0 Å². The van der Waals surface area contributed by atoms with Crippen molar-refractivity contribution in [3.8, 4) is 0 Å². The van der Waals surface area contributed by atoms with E-state index in [4.69, 9.17) is 23.7 Å². The van der Waals surface area contributed by atoms with Crippen LogP contribution in [0.15, 0.2) is 0 Å².